The molecule has 0 bridgehead atoms. The van der Waals surface area contributed by atoms with Gasteiger partial charge in [0.1, 0.15) is 0 Å². The average Bonchev–Trinajstić information content (AvgIpc) is 3.46. The van der Waals surface area contributed by atoms with Crippen LogP contribution in [0.2, 0.25) is 0 Å². The fourth-order valence-electron chi connectivity index (χ4n) is 5.89. The Hall–Kier alpha value is -5.18. The summed E-state index contributed by atoms with van der Waals surface area (Å²) in [7, 11) is 0. The molecule has 0 aliphatic carbocycles. The third kappa shape index (κ3) is 4.43. The van der Waals surface area contributed by atoms with Crippen molar-refractivity contribution in [2.24, 2.45) is 0 Å². The molecule has 0 aliphatic rings. The second kappa shape index (κ2) is 10.3. The van der Waals surface area contributed by atoms with Gasteiger partial charge in [0.25, 0.3) is 0 Å². The SMILES string of the molecule is c1ccc(-c2ccc(-c3ccc(Nc4ccc(-c5cccc6c5sc5c7ccccc7ccc65)cc4)cc3)cc2)cc1. The Bertz CT molecular complexity index is 2170. The number of anilines is 2. The summed E-state index contributed by atoms with van der Waals surface area (Å²) in [4.78, 5) is 0. The van der Waals surface area contributed by atoms with Gasteiger partial charge in [-0.2, -0.15) is 0 Å². The van der Waals surface area contributed by atoms with Crippen LogP contribution in [0.25, 0.3) is 64.3 Å². The Morgan fingerprint density at radius 2 is 0.857 bits per heavy atom. The van der Waals surface area contributed by atoms with Gasteiger partial charge in [0, 0.05) is 31.5 Å². The smallest absolute Gasteiger partial charge is 0.0434 e. The van der Waals surface area contributed by atoms with Crippen LogP contribution in [-0.2, 0) is 0 Å². The van der Waals surface area contributed by atoms with Gasteiger partial charge in [-0.1, -0.05) is 133 Å². The van der Waals surface area contributed by atoms with Gasteiger partial charge < -0.3 is 5.32 Å². The first-order valence-electron chi connectivity index (χ1n) is 14.3. The van der Waals surface area contributed by atoms with Crippen molar-refractivity contribution < 1.29 is 0 Å². The van der Waals surface area contributed by atoms with E-state index in [-0.39, 0.29) is 0 Å². The first kappa shape index (κ1) is 24.6. The van der Waals surface area contributed by atoms with Crippen LogP contribution in [0.3, 0.4) is 0 Å². The lowest BCUT2D eigenvalue weighted by atomic mass is 10.00. The summed E-state index contributed by atoms with van der Waals surface area (Å²) in [5.41, 5.74) is 9.57. The molecule has 42 heavy (non-hydrogen) atoms. The molecule has 1 heterocycles. The number of fused-ring (bicyclic) bond motifs is 5. The fraction of sp³-hybridized carbons (Fsp3) is 0. The van der Waals surface area contributed by atoms with Crippen LogP contribution in [-0.4, -0.2) is 0 Å². The molecular formula is C40H27NS. The topological polar surface area (TPSA) is 12.0 Å². The van der Waals surface area contributed by atoms with Crippen molar-refractivity contribution in [3.8, 4) is 33.4 Å². The highest BCUT2D eigenvalue weighted by Gasteiger charge is 2.12. The van der Waals surface area contributed by atoms with E-state index in [0.29, 0.717) is 0 Å². The van der Waals surface area contributed by atoms with Crippen LogP contribution in [0.15, 0.2) is 158 Å². The highest BCUT2D eigenvalue weighted by atomic mass is 32.1. The minimum atomic E-state index is 1.07. The van der Waals surface area contributed by atoms with Crippen molar-refractivity contribution >= 4 is 53.7 Å². The van der Waals surface area contributed by atoms with Gasteiger partial charge in [0.05, 0.1) is 0 Å². The van der Waals surface area contributed by atoms with Crippen LogP contribution < -0.4 is 5.32 Å². The normalized spacial score (nSPS) is 11.3. The quantitative estimate of drug-likeness (QED) is 0.223. The molecule has 0 aliphatic heterocycles. The van der Waals surface area contributed by atoms with Gasteiger partial charge in [-0.3, -0.25) is 0 Å². The number of benzene rings is 7. The summed E-state index contributed by atoms with van der Waals surface area (Å²) in [6, 6.07) is 56.6. The molecule has 2 heteroatoms. The second-order valence-electron chi connectivity index (χ2n) is 10.7. The molecule has 0 unspecified atom stereocenters. The highest BCUT2D eigenvalue weighted by Crippen LogP contribution is 2.42. The van der Waals surface area contributed by atoms with Gasteiger partial charge in [0.2, 0.25) is 0 Å². The highest BCUT2D eigenvalue weighted by molar-refractivity contribution is 7.27. The molecule has 7 aromatic carbocycles. The Kier molecular flexibility index (Phi) is 6.05. The Morgan fingerprint density at radius 1 is 0.333 bits per heavy atom. The van der Waals surface area contributed by atoms with Gasteiger partial charge >= 0.3 is 0 Å². The van der Waals surface area contributed by atoms with Crippen LogP contribution in [0.4, 0.5) is 11.4 Å². The molecule has 8 rings (SSSR count). The van der Waals surface area contributed by atoms with Crippen molar-refractivity contribution in [3.05, 3.63) is 158 Å². The van der Waals surface area contributed by atoms with Gasteiger partial charge in [-0.25, -0.2) is 0 Å². The molecule has 0 atom stereocenters. The summed E-state index contributed by atoms with van der Waals surface area (Å²) in [6.07, 6.45) is 0. The predicted octanol–water partition coefficient (Wildman–Crippen LogP) is 12.0. The fourth-order valence-corrected chi connectivity index (χ4v) is 7.26. The zero-order valence-electron chi connectivity index (χ0n) is 22.9. The molecule has 0 saturated heterocycles. The van der Waals surface area contributed by atoms with E-state index in [1.807, 2.05) is 11.3 Å². The van der Waals surface area contributed by atoms with E-state index in [1.54, 1.807) is 0 Å². The largest absolute Gasteiger partial charge is 0.356 e. The van der Waals surface area contributed by atoms with Gasteiger partial charge in [-0.15, -0.1) is 11.3 Å². The molecule has 0 amide bonds. The number of rotatable bonds is 5. The van der Waals surface area contributed by atoms with E-state index in [1.165, 1.54) is 64.3 Å². The average molecular weight is 554 g/mol. The molecule has 8 aromatic rings. The Morgan fingerprint density at radius 3 is 1.55 bits per heavy atom. The van der Waals surface area contributed by atoms with E-state index < -0.39 is 0 Å². The molecular weight excluding hydrogens is 527 g/mol. The molecule has 198 valence electrons. The maximum atomic E-state index is 3.57. The maximum Gasteiger partial charge on any atom is 0.0434 e. The summed E-state index contributed by atoms with van der Waals surface area (Å²) in [5.74, 6) is 0. The predicted molar refractivity (Wildman–Crippen MR) is 183 cm³/mol. The molecule has 1 nitrogen and oxygen atoms in total. The number of hydrogen-bond donors (Lipinski definition) is 1. The summed E-state index contributed by atoms with van der Waals surface area (Å²) in [6.45, 7) is 0. The zero-order valence-corrected chi connectivity index (χ0v) is 23.7. The van der Waals surface area contributed by atoms with E-state index in [9.17, 15) is 0 Å². The minimum absolute atomic E-state index is 1.07. The third-order valence-electron chi connectivity index (χ3n) is 8.08. The minimum Gasteiger partial charge on any atom is -0.356 e. The maximum absolute atomic E-state index is 3.57. The second-order valence-corrected chi connectivity index (χ2v) is 11.7. The Labute approximate surface area is 249 Å². The summed E-state index contributed by atoms with van der Waals surface area (Å²) in [5, 5.41) is 8.86. The van der Waals surface area contributed by atoms with Crippen molar-refractivity contribution in [3.63, 3.8) is 0 Å². The van der Waals surface area contributed by atoms with Crippen LogP contribution in [0.5, 0.6) is 0 Å². The standard InChI is InChI=1S/C40H27NS/c1-2-7-27(8-3-1)28-13-15-29(16-14-28)30-17-22-33(23-18-30)41-34-24-19-32(20-25-34)36-11-6-12-37-38-26-21-31-9-4-5-10-35(31)40(38)42-39(36)37/h1-26,41H. The van der Waals surface area contributed by atoms with E-state index in [4.69, 9.17) is 0 Å². The molecule has 1 aromatic heterocycles. The molecule has 1 N–H and O–H groups in total. The number of thiophene rings is 1. The molecule has 0 fully saturated rings. The first-order valence-corrected chi connectivity index (χ1v) is 15.1. The molecule has 0 radical (unpaired) electrons. The number of nitrogens with one attached hydrogen (secondary N) is 1. The van der Waals surface area contributed by atoms with Crippen LogP contribution in [0, 0.1) is 0 Å². The van der Waals surface area contributed by atoms with Crippen molar-refractivity contribution in [2.75, 3.05) is 5.32 Å². The van der Waals surface area contributed by atoms with E-state index >= 15 is 0 Å². The van der Waals surface area contributed by atoms with E-state index in [0.717, 1.165) is 11.4 Å². The Balaban J connectivity index is 1.03. The molecule has 0 saturated carbocycles. The number of hydrogen-bond acceptors (Lipinski definition) is 2. The zero-order chi connectivity index (χ0) is 27.9. The van der Waals surface area contributed by atoms with Gasteiger partial charge in [0.15, 0.2) is 0 Å². The van der Waals surface area contributed by atoms with Gasteiger partial charge in [-0.05, 0) is 68.4 Å². The molecule has 0 spiro atoms. The van der Waals surface area contributed by atoms with Crippen molar-refractivity contribution in [2.45, 2.75) is 0 Å². The van der Waals surface area contributed by atoms with E-state index in [2.05, 4.69) is 163 Å². The first-order chi connectivity index (χ1) is 20.8. The van der Waals surface area contributed by atoms with Crippen molar-refractivity contribution in [1.29, 1.82) is 0 Å². The third-order valence-corrected chi connectivity index (χ3v) is 9.37. The lowest BCUT2D eigenvalue weighted by Crippen LogP contribution is -1.90. The lowest BCUT2D eigenvalue weighted by molar-refractivity contribution is 1.54. The lowest BCUT2D eigenvalue weighted by Gasteiger charge is -2.10. The van der Waals surface area contributed by atoms with Crippen LogP contribution in [0.1, 0.15) is 0 Å². The van der Waals surface area contributed by atoms with Crippen LogP contribution >= 0.6 is 11.3 Å². The summed E-state index contributed by atoms with van der Waals surface area (Å²) < 4.78 is 2.71. The summed E-state index contributed by atoms with van der Waals surface area (Å²) >= 11 is 1.90. The van der Waals surface area contributed by atoms with Crippen molar-refractivity contribution in [1.82, 2.24) is 0 Å². The monoisotopic (exact) mass is 553 g/mol.